The van der Waals surface area contributed by atoms with E-state index >= 15 is 0 Å². The Labute approximate surface area is 143 Å². The van der Waals surface area contributed by atoms with Crippen molar-refractivity contribution in [3.05, 3.63) is 54.1 Å². The second kappa shape index (κ2) is 8.62. The minimum Gasteiger partial charge on any atom is -0.494 e. The monoisotopic (exact) mass is 324 g/mol. The minimum atomic E-state index is 0.568. The lowest BCUT2D eigenvalue weighted by Crippen LogP contribution is -2.37. The van der Waals surface area contributed by atoms with Crippen molar-refractivity contribution < 1.29 is 14.3 Å². The van der Waals surface area contributed by atoms with Gasteiger partial charge in [0.15, 0.2) is 0 Å². The quantitative estimate of drug-likeness (QED) is 0.734. The number of hydrogen-bond donors (Lipinski definition) is 0. The smallest absolute Gasteiger partial charge is 0.233 e. The van der Waals surface area contributed by atoms with Gasteiger partial charge in [-0.25, -0.2) is 0 Å². The third-order valence-corrected chi connectivity index (χ3v) is 4.18. The van der Waals surface area contributed by atoms with Crippen LogP contribution in [0.25, 0.3) is 11.1 Å². The van der Waals surface area contributed by atoms with Gasteiger partial charge in [-0.05, 0) is 29.7 Å². The summed E-state index contributed by atoms with van der Waals surface area (Å²) in [6.07, 6.45) is 2.91. The van der Waals surface area contributed by atoms with Crippen molar-refractivity contribution in [3.63, 3.8) is 0 Å². The highest BCUT2D eigenvalue weighted by Crippen LogP contribution is 2.22. The first-order valence-corrected chi connectivity index (χ1v) is 8.37. The van der Waals surface area contributed by atoms with E-state index in [0.29, 0.717) is 5.56 Å². The average Bonchev–Trinajstić information content (AvgIpc) is 2.67. The van der Waals surface area contributed by atoms with Gasteiger partial charge in [-0.3, -0.25) is 9.69 Å². The van der Waals surface area contributed by atoms with Gasteiger partial charge in [0.25, 0.3) is 0 Å². The number of benzene rings is 2. The van der Waals surface area contributed by atoms with E-state index in [0.717, 1.165) is 62.8 Å². The lowest BCUT2D eigenvalue weighted by Gasteiger charge is -2.26. The molecule has 2 aromatic carbocycles. The van der Waals surface area contributed by atoms with Crippen molar-refractivity contribution in [3.8, 4) is 16.9 Å². The molecule has 1 radical (unpaired) electrons. The second-order valence-electron chi connectivity index (χ2n) is 5.86. The second-order valence-corrected chi connectivity index (χ2v) is 5.86. The van der Waals surface area contributed by atoms with Crippen molar-refractivity contribution in [2.75, 3.05) is 39.5 Å². The van der Waals surface area contributed by atoms with E-state index < -0.39 is 0 Å². The SMILES string of the molecule is O=[C]c1ccc(-c2ccc(OCCCN3CCOCC3)cc2)cc1. The fourth-order valence-corrected chi connectivity index (χ4v) is 2.78. The molecular weight excluding hydrogens is 302 g/mol. The van der Waals surface area contributed by atoms with Gasteiger partial charge < -0.3 is 9.47 Å². The van der Waals surface area contributed by atoms with Crippen LogP contribution in [-0.2, 0) is 9.53 Å². The predicted octanol–water partition coefficient (Wildman–Crippen LogP) is 2.91. The third kappa shape index (κ3) is 4.66. The number of rotatable bonds is 7. The molecule has 3 rings (SSSR count). The van der Waals surface area contributed by atoms with Gasteiger partial charge in [-0.2, -0.15) is 0 Å². The van der Waals surface area contributed by atoms with E-state index in [9.17, 15) is 4.79 Å². The maximum atomic E-state index is 10.6. The zero-order valence-electron chi connectivity index (χ0n) is 13.7. The number of morpholine rings is 1. The molecule has 4 nitrogen and oxygen atoms in total. The summed E-state index contributed by atoms with van der Waals surface area (Å²) < 4.78 is 11.2. The molecule has 0 aromatic heterocycles. The summed E-state index contributed by atoms with van der Waals surface area (Å²) >= 11 is 0. The molecule has 0 spiro atoms. The molecule has 0 N–H and O–H groups in total. The third-order valence-electron chi connectivity index (χ3n) is 4.18. The number of nitrogens with zero attached hydrogens (tertiary/aromatic N) is 1. The fraction of sp³-hybridized carbons (Fsp3) is 0.350. The zero-order chi connectivity index (χ0) is 16.6. The summed E-state index contributed by atoms with van der Waals surface area (Å²) in [5, 5.41) is 0. The van der Waals surface area contributed by atoms with Gasteiger partial charge in [0.2, 0.25) is 6.29 Å². The molecule has 0 amide bonds. The Hall–Kier alpha value is -2.17. The summed E-state index contributed by atoms with van der Waals surface area (Å²) in [5.41, 5.74) is 2.75. The Morgan fingerprint density at radius 1 is 0.958 bits per heavy atom. The van der Waals surface area contributed by atoms with Crippen LogP contribution in [0.1, 0.15) is 12.0 Å². The normalized spacial score (nSPS) is 15.2. The van der Waals surface area contributed by atoms with Crippen LogP contribution in [-0.4, -0.2) is 50.6 Å². The van der Waals surface area contributed by atoms with Crippen molar-refractivity contribution in [1.82, 2.24) is 4.90 Å². The van der Waals surface area contributed by atoms with Crippen molar-refractivity contribution >= 4 is 6.29 Å². The Morgan fingerprint density at radius 2 is 1.58 bits per heavy atom. The Bertz CT molecular complexity index is 631. The molecule has 0 aliphatic carbocycles. The standard InChI is InChI=1S/C20H22NO3/c22-16-17-2-4-18(5-3-17)19-6-8-20(9-7-19)24-13-1-10-21-11-14-23-15-12-21/h2-9H,1,10-15H2. The molecule has 1 saturated heterocycles. The molecule has 0 saturated carbocycles. The largest absolute Gasteiger partial charge is 0.494 e. The molecule has 1 aliphatic heterocycles. The van der Waals surface area contributed by atoms with Gasteiger partial charge in [-0.1, -0.05) is 36.4 Å². The molecular formula is C20H22NO3. The summed E-state index contributed by atoms with van der Waals surface area (Å²) in [7, 11) is 0. The summed E-state index contributed by atoms with van der Waals surface area (Å²) in [6.45, 7) is 5.51. The molecule has 1 heterocycles. The highest BCUT2D eigenvalue weighted by molar-refractivity contribution is 5.77. The van der Waals surface area contributed by atoms with Crippen LogP contribution in [0.4, 0.5) is 0 Å². The van der Waals surface area contributed by atoms with Crippen LogP contribution in [0.5, 0.6) is 5.75 Å². The number of carbonyl (C=O) groups excluding carboxylic acids is 1. The first kappa shape index (κ1) is 16.7. The number of ether oxygens (including phenoxy) is 2. The lowest BCUT2D eigenvalue weighted by molar-refractivity contribution is 0.0358. The van der Waals surface area contributed by atoms with Gasteiger partial charge in [0.05, 0.1) is 19.8 Å². The van der Waals surface area contributed by atoms with E-state index in [-0.39, 0.29) is 0 Å². The van der Waals surface area contributed by atoms with E-state index in [2.05, 4.69) is 4.90 Å². The summed E-state index contributed by atoms with van der Waals surface area (Å²) in [4.78, 5) is 13.0. The Morgan fingerprint density at radius 3 is 2.21 bits per heavy atom. The van der Waals surface area contributed by atoms with Gasteiger partial charge in [-0.15, -0.1) is 0 Å². The molecule has 125 valence electrons. The zero-order valence-corrected chi connectivity index (χ0v) is 13.7. The average molecular weight is 324 g/mol. The highest BCUT2D eigenvalue weighted by atomic mass is 16.5. The lowest BCUT2D eigenvalue weighted by atomic mass is 10.0. The first-order chi connectivity index (χ1) is 11.8. The van der Waals surface area contributed by atoms with Crippen LogP contribution in [0, 0.1) is 0 Å². The van der Waals surface area contributed by atoms with Crippen LogP contribution >= 0.6 is 0 Å². The van der Waals surface area contributed by atoms with Crippen LogP contribution in [0.2, 0.25) is 0 Å². The molecule has 2 aromatic rings. The predicted molar refractivity (Wildman–Crippen MR) is 94.0 cm³/mol. The maximum Gasteiger partial charge on any atom is 0.233 e. The topological polar surface area (TPSA) is 38.8 Å². The summed E-state index contributed by atoms with van der Waals surface area (Å²) in [5.74, 6) is 0.888. The molecule has 0 bridgehead atoms. The van der Waals surface area contributed by atoms with Crippen molar-refractivity contribution in [2.24, 2.45) is 0 Å². The van der Waals surface area contributed by atoms with Gasteiger partial charge in [0, 0.05) is 25.2 Å². The van der Waals surface area contributed by atoms with Crippen LogP contribution in [0.3, 0.4) is 0 Å². The van der Waals surface area contributed by atoms with Crippen LogP contribution in [0.15, 0.2) is 48.5 Å². The number of hydrogen-bond acceptors (Lipinski definition) is 4. The Kier molecular flexibility index (Phi) is 5.99. The molecule has 0 atom stereocenters. The first-order valence-electron chi connectivity index (χ1n) is 8.37. The molecule has 4 heteroatoms. The Balaban J connectivity index is 1.46. The van der Waals surface area contributed by atoms with Crippen molar-refractivity contribution in [1.29, 1.82) is 0 Å². The van der Waals surface area contributed by atoms with E-state index in [1.54, 1.807) is 12.1 Å². The fourth-order valence-electron chi connectivity index (χ4n) is 2.78. The van der Waals surface area contributed by atoms with Gasteiger partial charge >= 0.3 is 0 Å². The molecule has 1 fully saturated rings. The maximum absolute atomic E-state index is 10.6. The molecule has 24 heavy (non-hydrogen) atoms. The van der Waals surface area contributed by atoms with E-state index in [1.165, 1.54) is 0 Å². The molecule has 0 unspecified atom stereocenters. The minimum absolute atomic E-state index is 0.568. The van der Waals surface area contributed by atoms with Crippen molar-refractivity contribution in [2.45, 2.75) is 6.42 Å². The highest BCUT2D eigenvalue weighted by Gasteiger charge is 2.09. The van der Waals surface area contributed by atoms with Gasteiger partial charge in [0.1, 0.15) is 5.75 Å². The van der Waals surface area contributed by atoms with Crippen LogP contribution < -0.4 is 4.74 Å². The summed E-state index contributed by atoms with van der Waals surface area (Å²) in [6, 6.07) is 15.5. The van der Waals surface area contributed by atoms with E-state index in [1.807, 2.05) is 42.7 Å². The van der Waals surface area contributed by atoms with E-state index in [4.69, 9.17) is 9.47 Å². The molecule has 1 aliphatic rings.